The number of anilines is 1. The number of hydrogen-bond donors (Lipinski definition) is 0. The second-order valence-electron chi connectivity index (χ2n) is 4.37. The van der Waals surface area contributed by atoms with Crippen LogP contribution in [-0.2, 0) is 0 Å². The Hall–Kier alpha value is -1.36. The molecule has 1 heterocycles. The average molecular weight is 349 g/mol. The topological polar surface area (TPSA) is 20.3 Å². The van der Waals surface area contributed by atoms with Gasteiger partial charge in [0.05, 0.1) is 3.92 Å². The number of rotatable bonds is 0. The van der Waals surface area contributed by atoms with Crippen molar-refractivity contribution in [1.29, 1.82) is 0 Å². The Labute approximate surface area is 120 Å². The van der Waals surface area contributed by atoms with E-state index in [-0.39, 0.29) is 9.83 Å². The van der Waals surface area contributed by atoms with E-state index < -0.39 is 0 Å². The van der Waals surface area contributed by atoms with Crippen molar-refractivity contribution < 1.29 is 4.79 Å². The summed E-state index contributed by atoms with van der Waals surface area (Å²) in [6, 6.07) is 16.0. The molecule has 1 aliphatic heterocycles. The molecule has 2 nitrogen and oxygen atoms in total. The third-order valence-corrected chi connectivity index (χ3v) is 4.68. The van der Waals surface area contributed by atoms with Gasteiger partial charge in [0.1, 0.15) is 0 Å². The summed E-state index contributed by atoms with van der Waals surface area (Å²) >= 11 is 2.41. The zero-order chi connectivity index (χ0) is 12.7. The van der Waals surface area contributed by atoms with E-state index in [1.165, 1.54) is 5.56 Å². The van der Waals surface area contributed by atoms with Crippen molar-refractivity contribution in [1.82, 2.24) is 0 Å². The molecule has 18 heavy (non-hydrogen) atoms. The highest BCUT2D eigenvalue weighted by Gasteiger charge is 2.28. The van der Waals surface area contributed by atoms with Crippen molar-refractivity contribution in [2.24, 2.45) is 0 Å². The third kappa shape index (κ3) is 1.65. The van der Waals surface area contributed by atoms with Gasteiger partial charge in [0.15, 0.2) is 0 Å². The second kappa shape index (κ2) is 4.39. The van der Waals surface area contributed by atoms with E-state index in [4.69, 9.17) is 0 Å². The Bertz CT molecular complexity index is 623. The maximum Gasteiger partial charge on any atom is 0.258 e. The third-order valence-electron chi connectivity index (χ3n) is 3.34. The Morgan fingerprint density at radius 3 is 2.39 bits per heavy atom. The number of halogens is 1. The summed E-state index contributed by atoms with van der Waals surface area (Å²) in [5.41, 5.74) is 4.09. The van der Waals surface area contributed by atoms with Crippen molar-refractivity contribution in [3.63, 3.8) is 0 Å². The summed E-state index contributed by atoms with van der Waals surface area (Å²) < 4.78 is 0.212. The highest BCUT2D eigenvalue weighted by Crippen LogP contribution is 2.41. The van der Waals surface area contributed by atoms with Crippen LogP contribution in [0, 0.1) is 0 Å². The summed E-state index contributed by atoms with van der Waals surface area (Å²) in [6.45, 7) is 0. The fraction of sp³-hybridized carbons (Fsp3) is 0.133. The van der Waals surface area contributed by atoms with E-state index in [1.54, 1.807) is 4.90 Å². The van der Waals surface area contributed by atoms with Crippen LogP contribution < -0.4 is 4.90 Å². The van der Waals surface area contributed by atoms with E-state index in [2.05, 4.69) is 28.7 Å². The lowest BCUT2D eigenvalue weighted by Gasteiger charge is -2.18. The first-order valence-electron chi connectivity index (χ1n) is 5.80. The molecule has 2 aromatic carbocycles. The van der Waals surface area contributed by atoms with Gasteiger partial charge in [-0.2, -0.15) is 0 Å². The van der Waals surface area contributed by atoms with Gasteiger partial charge >= 0.3 is 0 Å². The Morgan fingerprint density at radius 1 is 1.00 bits per heavy atom. The number of para-hydroxylation sites is 1. The predicted molar refractivity (Wildman–Crippen MR) is 81.5 cm³/mol. The lowest BCUT2D eigenvalue weighted by Crippen LogP contribution is -2.25. The van der Waals surface area contributed by atoms with Gasteiger partial charge in [-0.1, -0.05) is 59.0 Å². The number of amides is 1. The standard InChI is InChI=1S/C15H12INO/c1-17-13-9-5-4-8-12(13)14(16)10-6-2-3-7-11(10)15(17)18/h2-9,14H,1H3. The molecule has 0 aromatic heterocycles. The predicted octanol–water partition coefficient (Wildman–Crippen LogP) is 3.80. The molecule has 2 aromatic rings. The van der Waals surface area contributed by atoms with Crippen LogP contribution in [0.5, 0.6) is 0 Å². The van der Waals surface area contributed by atoms with Crippen LogP contribution in [0.15, 0.2) is 48.5 Å². The van der Waals surface area contributed by atoms with Crippen molar-refractivity contribution in [2.75, 3.05) is 11.9 Å². The molecule has 0 aliphatic carbocycles. The first kappa shape index (κ1) is 11.7. The largest absolute Gasteiger partial charge is 0.311 e. The summed E-state index contributed by atoms with van der Waals surface area (Å²) in [5.74, 6) is 0.0669. The quantitative estimate of drug-likeness (QED) is 0.523. The SMILES string of the molecule is CN1C(=O)c2ccccc2C(I)c2ccccc21. The fourth-order valence-electron chi connectivity index (χ4n) is 2.38. The molecule has 0 N–H and O–H groups in total. The van der Waals surface area contributed by atoms with Crippen LogP contribution in [-0.4, -0.2) is 13.0 Å². The summed E-state index contributed by atoms with van der Waals surface area (Å²) in [5, 5.41) is 0. The number of hydrogen-bond acceptors (Lipinski definition) is 1. The van der Waals surface area contributed by atoms with Crippen LogP contribution >= 0.6 is 22.6 Å². The van der Waals surface area contributed by atoms with Crippen molar-refractivity contribution in [3.8, 4) is 0 Å². The van der Waals surface area contributed by atoms with Crippen LogP contribution in [0.4, 0.5) is 5.69 Å². The second-order valence-corrected chi connectivity index (χ2v) is 5.62. The maximum atomic E-state index is 12.5. The lowest BCUT2D eigenvalue weighted by atomic mass is 10.0. The number of carbonyl (C=O) groups excluding carboxylic acids is 1. The first-order valence-corrected chi connectivity index (χ1v) is 7.04. The minimum atomic E-state index is 0.0669. The van der Waals surface area contributed by atoms with Gasteiger partial charge in [0.25, 0.3) is 5.91 Å². The van der Waals surface area contributed by atoms with Crippen LogP contribution in [0.25, 0.3) is 0 Å². The summed E-state index contributed by atoms with van der Waals surface area (Å²) in [4.78, 5) is 14.2. The Balaban J connectivity index is 2.31. The van der Waals surface area contributed by atoms with E-state index >= 15 is 0 Å². The summed E-state index contributed by atoms with van der Waals surface area (Å²) in [6.07, 6.45) is 0. The van der Waals surface area contributed by atoms with Crippen molar-refractivity contribution in [3.05, 3.63) is 65.2 Å². The highest BCUT2D eigenvalue weighted by atomic mass is 127. The molecular formula is C15H12INO. The van der Waals surface area contributed by atoms with E-state index in [1.807, 2.05) is 49.5 Å². The van der Waals surface area contributed by atoms with Crippen LogP contribution in [0.2, 0.25) is 0 Å². The Morgan fingerprint density at radius 2 is 1.61 bits per heavy atom. The Kier molecular flexibility index (Phi) is 2.86. The fourth-order valence-corrected chi connectivity index (χ4v) is 3.45. The number of carbonyl (C=O) groups is 1. The molecule has 0 spiro atoms. The van der Waals surface area contributed by atoms with E-state index in [0.29, 0.717) is 0 Å². The molecule has 90 valence electrons. The maximum absolute atomic E-state index is 12.5. The zero-order valence-corrected chi connectivity index (χ0v) is 12.1. The minimum absolute atomic E-state index is 0.0669. The number of benzene rings is 2. The number of alkyl halides is 1. The molecule has 0 saturated carbocycles. The van der Waals surface area contributed by atoms with Gasteiger partial charge in [-0.3, -0.25) is 4.79 Å². The van der Waals surface area contributed by atoms with E-state index in [0.717, 1.165) is 16.8 Å². The zero-order valence-electron chi connectivity index (χ0n) is 9.93. The molecule has 1 aliphatic rings. The molecule has 3 heteroatoms. The van der Waals surface area contributed by atoms with Crippen molar-refractivity contribution in [2.45, 2.75) is 3.92 Å². The molecule has 0 fully saturated rings. The molecule has 3 rings (SSSR count). The molecule has 0 radical (unpaired) electrons. The van der Waals surface area contributed by atoms with Gasteiger partial charge in [0.2, 0.25) is 0 Å². The van der Waals surface area contributed by atoms with Gasteiger partial charge in [-0.05, 0) is 23.3 Å². The molecular weight excluding hydrogens is 337 g/mol. The normalized spacial score (nSPS) is 18.0. The van der Waals surface area contributed by atoms with E-state index in [9.17, 15) is 4.79 Å². The van der Waals surface area contributed by atoms with Crippen LogP contribution in [0.3, 0.4) is 0 Å². The first-order chi connectivity index (χ1) is 8.70. The van der Waals surface area contributed by atoms with Gasteiger partial charge in [0, 0.05) is 18.3 Å². The number of fused-ring (bicyclic) bond motifs is 2. The minimum Gasteiger partial charge on any atom is -0.311 e. The molecule has 1 atom stereocenters. The molecule has 1 unspecified atom stereocenters. The highest BCUT2D eigenvalue weighted by molar-refractivity contribution is 14.1. The smallest absolute Gasteiger partial charge is 0.258 e. The number of nitrogens with zero attached hydrogens (tertiary/aromatic N) is 1. The molecule has 0 bridgehead atoms. The molecule has 1 amide bonds. The summed E-state index contributed by atoms with van der Waals surface area (Å²) in [7, 11) is 1.84. The molecule has 0 saturated heterocycles. The lowest BCUT2D eigenvalue weighted by molar-refractivity contribution is 0.0993. The van der Waals surface area contributed by atoms with Gasteiger partial charge < -0.3 is 4.90 Å². The van der Waals surface area contributed by atoms with Gasteiger partial charge in [-0.25, -0.2) is 0 Å². The average Bonchev–Trinajstić information content (AvgIpc) is 2.51. The van der Waals surface area contributed by atoms with Crippen LogP contribution in [0.1, 0.15) is 25.4 Å². The van der Waals surface area contributed by atoms with Gasteiger partial charge in [-0.15, -0.1) is 0 Å². The van der Waals surface area contributed by atoms with Crippen molar-refractivity contribution >= 4 is 34.2 Å². The monoisotopic (exact) mass is 349 g/mol.